The molecule has 0 aromatic heterocycles. The summed E-state index contributed by atoms with van der Waals surface area (Å²) in [6, 6.07) is 7.55. The Hall–Kier alpha value is -1.10. The average molecular weight is 313 g/mol. The van der Waals surface area contributed by atoms with Crippen LogP contribution < -0.4 is 5.32 Å². The first-order chi connectivity index (χ1) is 9.87. The van der Waals surface area contributed by atoms with Crippen LogP contribution in [0.15, 0.2) is 24.3 Å². The molecule has 0 heterocycles. The first kappa shape index (κ1) is 18.0. The van der Waals surface area contributed by atoms with Crippen LogP contribution in [0.5, 0.6) is 0 Å². The molecule has 1 rings (SSSR count). The van der Waals surface area contributed by atoms with Crippen LogP contribution in [0.1, 0.15) is 19.4 Å². The zero-order chi connectivity index (χ0) is 15.9. The standard InChI is InChI=1S/C16H25ClN2O2/c1-5-21-15(20)16(2,18-10-11-19(3)4)12-13-6-8-14(17)9-7-13/h6-9,18H,5,10-12H2,1-4H3. The van der Waals surface area contributed by atoms with Gasteiger partial charge < -0.3 is 15.0 Å². The first-order valence-electron chi connectivity index (χ1n) is 7.19. The molecule has 118 valence electrons. The molecule has 1 aromatic carbocycles. The molecule has 5 heteroatoms. The van der Waals surface area contributed by atoms with Crippen LogP contribution in [-0.4, -0.2) is 50.2 Å². The molecule has 21 heavy (non-hydrogen) atoms. The molecule has 0 amide bonds. The third-order valence-corrected chi connectivity index (χ3v) is 3.52. The maximum absolute atomic E-state index is 12.3. The number of hydrogen-bond acceptors (Lipinski definition) is 4. The molecule has 0 saturated heterocycles. The molecule has 0 fully saturated rings. The van der Waals surface area contributed by atoms with Crippen LogP contribution in [0.3, 0.4) is 0 Å². The second-order valence-electron chi connectivity index (χ2n) is 5.59. The lowest BCUT2D eigenvalue weighted by molar-refractivity contribution is -0.150. The molecule has 1 unspecified atom stereocenters. The summed E-state index contributed by atoms with van der Waals surface area (Å²) >= 11 is 5.90. The fourth-order valence-electron chi connectivity index (χ4n) is 2.06. The van der Waals surface area contributed by atoms with Gasteiger partial charge in [0.15, 0.2) is 0 Å². The van der Waals surface area contributed by atoms with Crippen LogP contribution >= 0.6 is 11.6 Å². The number of nitrogens with one attached hydrogen (secondary N) is 1. The Morgan fingerprint density at radius 1 is 1.33 bits per heavy atom. The van der Waals surface area contributed by atoms with E-state index in [1.54, 1.807) is 0 Å². The minimum absolute atomic E-state index is 0.223. The zero-order valence-electron chi connectivity index (χ0n) is 13.3. The lowest BCUT2D eigenvalue weighted by Gasteiger charge is -2.29. The summed E-state index contributed by atoms with van der Waals surface area (Å²) in [5.41, 5.74) is 0.312. The molecule has 0 aliphatic carbocycles. The number of carbonyl (C=O) groups excluding carboxylic acids is 1. The Labute approximate surface area is 132 Å². The summed E-state index contributed by atoms with van der Waals surface area (Å²) in [4.78, 5) is 14.4. The quantitative estimate of drug-likeness (QED) is 0.748. The van der Waals surface area contributed by atoms with Crippen molar-refractivity contribution in [3.05, 3.63) is 34.9 Å². The summed E-state index contributed by atoms with van der Waals surface area (Å²) < 4.78 is 5.22. The maximum atomic E-state index is 12.3. The van der Waals surface area contributed by atoms with Crippen LogP contribution in [0.2, 0.25) is 5.02 Å². The third kappa shape index (κ3) is 6.04. The highest BCUT2D eigenvalue weighted by atomic mass is 35.5. The Kier molecular flexibility index (Phi) is 7.15. The molecular weight excluding hydrogens is 288 g/mol. The summed E-state index contributed by atoms with van der Waals surface area (Å²) in [7, 11) is 4.01. The van der Waals surface area contributed by atoms with Gasteiger partial charge in [-0.25, -0.2) is 0 Å². The Balaban J connectivity index is 2.79. The first-order valence-corrected chi connectivity index (χ1v) is 7.56. The van der Waals surface area contributed by atoms with E-state index in [1.165, 1.54) is 0 Å². The van der Waals surface area contributed by atoms with E-state index in [0.717, 1.165) is 18.7 Å². The van der Waals surface area contributed by atoms with Gasteiger partial charge >= 0.3 is 5.97 Å². The fraction of sp³-hybridized carbons (Fsp3) is 0.562. The van der Waals surface area contributed by atoms with Crippen LogP contribution in [0, 0.1) is 0 Å². The normalized spacial score (nSPS) is 14.0. The van der Waals surface area contributed by atoms with Gasteiger partial charge in [0, 0.05) is 24.5 Å². The Morgan fingerprint density at radius 2 is 1.95 bits per heavy atom. The Bertz CT molecular complexity index is 448. The van der Waals surface area contributed by atoms with E-state index in [4.69, 9.17) is 16.3 Å². The van der Waals surface area contributed by atoms with Gasteiger partial charge in [-0.3, -0.25) is 4.79 Å². The number of nitrogens with zero attached hydrogens (tertiary/aromatic N) is 1. The molecule has 0 radical (unpaired) electrons. The lowest BCUT2D eigenvalue weighted by Crippen LogP contribution is -2.53. The zero-order valence-corrected chi connectivity index (χ0v) is 14.0. The highest BCUT2D eigenvalue weighted by Gasteiger charge is 2.34. The van der Waals surface area contributed by atoms with Crippen molar-refractivity contribution in [2.24, 2.45) is 0 Å². The Morgan fingerprint density at radius 3 is 2.48 bits per heavy atom. The molecule has 1 N–H and O–H groups in total. The molecule has 1 atom stereocenters. The van der Waals surface area contributed by atoms with E-state index in [-0.39, 0.29) is 5.97 Å². The second-order valence-corrected chi connectivity index (χ2v) is 6.02. The third-order valence-electron chi connectivity index (χ3n) is 3.27. The molecule has 1 aromatic rings. The van der Waals surface area contributed by atoms with Gasteiger partial charge in [0.1, 0.15) is 5.54 Å². The number of halogens is 1. The summed E-state index contributed by atoms with van der Waals surface area (Å²) in [5.74, 6) is -0.223. The van der Waals surface area contributed by atoms with Crippen LogP contribution in [0.25, 0.3) is 0 Å². The van der Waals surface area contributed by atoms with Crippen LogP contribution in [0.4, 0.5) is 0 Å². The molecule has 0 saturated carbocycles. The van der Waals surface area contributed by atoms with Crippen molar-refractivity contribution in [2.75, 3.05) is 33.8 Å². The summed E-state index contributed by atoms with van der Waals surface area (Å²) in [5, 5.41) is 4.02. The van der Waals surface area contributed by atoms with E-state index in [1.807, 2.05) is 52.2 Å². The van der Waals surface area contributed by atoms with E-state index < -0.39 is 5.54 Å². The predicted octanol–water partition coefficient (Wildman–Crippen LogP) is 2.36. The highest BCUT2D eigenvalue weighted by Crippen LogP contribution is 2.17. The molecular formula is C16H25ClN2O2. The van der Waals surface area contributed by atoms with E-state index in [0.29, 0.717) is 18.1 Å². The largest absolute Gasteiger partial charge is 0.465 e. The topological polar surface area (TPSA) is 41.6 Å². The monoisotopic (exact) mass is 312 g/mol. The van der Waals surface area contributed by atoms with Crippen molar-refractivity contribution in [3.63, 3.8) is 0 Å². The number of ether oxygens (including phenoxy) is 1. The van der Waals surface area contributed by atoms with Gasteiger partial charge in [-0.2, -0.15) is 0 Å². The van der Waals surface area contributed by atoms with E-state index in [2.05, 4.69) is 10.2 Å². The minimum atomic E-state index is -0.736. The van der Waals surface area contributed by atoms with Gasteiger partial charge in [-0.05, 0) is 45.6 Å². The second kappa shape index (κ2) is 8.37. The fourth-order valence-corrected chi connectivity index (χ4v) is 2.19. The van der Waals surface area contributed by atoms with E-state index in [9.17, 15) is 4.79 Å². The van der Waals surface area contributed by atoms with Gasteiger partial charge in [0.25, 0.3) is 0 Å². The van der Waals surface area contributed by atoms with Gasteiger partial charge in [-0.1, -0.05) is 23.7 Å². The SMILES string of the molecule is CCOC(=O)C(C)(Cc1ccc(Cl)cc1)NCCN(C)C. The minimum Gasteiger partial charge on any atom is -0.465 e. The van der Waals surface area contributed by atoms with Crippen LogP contribution in [-0.2, 0) is 16.0 Å². The molecule has 0 aliphatic heterocycles. The van der Waals surface area contributed by atoms with Gasteiger partial charge in [-0.15, -0.1) is 0 Å². The average Bonchev–Trinajstić information content (AvgIpc) is 2.41. The summed E-state index contributed by atoms with van der Waals surface area (Å²) in [6.45, 7) is 5.66. The molecule has 4 nitrogen and oxygen atoms in total. The van der Waals surface area contributed by atoms with Crippen molar-refractivity contribution >= 4 is 17.6 Å². The van der Waals surface area contributed by atoms with Gasteiger partial charge in [0.05, 0.1) is 6.61 Å². The number of hydrogen-bond donors (Lipinski definition) is 1. The number of carbonyl (C=O) groups is 1. The van der Waals surface area contributed by atoms with Crippen molar-refractivity contribution in [1.29, 1.82) is 0 Å². The van der Waals surface area contributed by atoms with Crippen molar-refractivity contribution in [2.45, 2.75) is 25.8 Å². The maximum Gasteiger partial charge on any atom is 0.326 e. The molecule has 0 spiro atoms. The molecule has 0 aliphatic rings. The van der Waals surface area contributed by atoms with E-state index >= 15 is 0 Å². The lowest BCUT2D eigenvalue weighted by atomic mass is 9.92. The van der Waals surface area contributed by atoms with Crippen molar-refractivity contribution in [1.82, 2.24) is 10.2 Å². The van der Waals surface area contributed by atoms with Crippen molar-refractivity contribution in [3.8, 4) is 0 Å². The van der Waals surface area contributed by atoms with Crippen molar-refractivity contribution < 1.29 is 9.53 Å². The number of likely N-dealkylation sites (N-methyl/N-ethyl adjacent to an activating group) is 1. The van der Waals surface area contributed by atoms with Gasteiger partial charge in [0.2, 0.25) is 0 Å². The molecule has 0 bridgehead atoms. The summed E-state index contributed by atoms with van der Waals surface area (Å²) in [6.07, 6.45) is 0.566. The number of esters is 1. The predicted molar refractivity (Wildman–Crippen MR) is 86.8 cm³/mol. The number of rotatable bonds is 8. The highest BCUT2D eigenvalue weighted by molar-refractivity contribution is 6.30. The number of benzene rings is 1. The smallest absolute Gasteiger partial charge is 0.326 e.